The maximum Gasteiger partial charge on any atom is 0.254 e. The van der Waals surface area contributed by atoms with Gasteiger partial charge in [-0.05, 0) is 58.9 Å². The zero-order chi connectivity index (χ0) is 18.8. The molecule has 0 saturated carbocycles. The van der Waals surface area contributed by atoms with E-state index < -0.39 is 5.60 Å². The number of hydrogen-bond donors (Lipinski definition) is 1. The highest BCUT2D eigenvalue weighted by atomic mass is 32.1. The highest BCUT2D eigenvalue weighted by Crippen LogP contribution is 2.27. The van der Waals surface area contributed by atoms with Gasteiger partial charge in [-0.2, -0.15) is 0 Å². The predicted molar refractivity (Wildman–Crippen MR) is 102 cm³/mol. The van der Waals surface area contributed by atoms with Crippen LogP contribution >= 0.6 is 11.3 Å². The third kappa shape index (κ3) is 4.91. The fraction of sp³-hybridized carbons (Fsp3) is 0.400. The van der Waals surface area contributed by atoms with E-state index in [1.54, 1.807) is 61.4 Å². The third-order valence-electron chi connectivity index (χ3n) is 3.88. The SMILES string of the molecule is Cc1nc(C(C)N(C)C(=O)c2ccc(C#CC(C)(C)O)cc2)c(C)s1. The highest BCUT2D eigenvalue weighted by molar-refractivity contribution is 7.11. The zero-order valence-electron chi connectivity index (χ0n) is 15.5. The molecule has 1 amide bonds. The number of aliphatic hydroxyl groups is 1. The van der Waals surface area contributed by atoms with Crippen molar-refractivity contribution in [3.8, 4) is 11.8 Å². The Labute approximate surface area is 153 Å². The second-order valence-electron chi connectivity index (χ2n) is 6.65. The summed E-state index contributed by atoms with van der Waals surface area (Å²) in [6.07, 6.45) is 0. The number of aryl methyl sites for hydroxylation is 2. The van der Waals surface area contributed by atoms with Crippen LogP contribution in [0.5, 0.6) is 0 Å². The minimum Gasteiger partial charge on any atom is -0.378 e. The molecule has 0 bridgehead atoms. The molecule has 2 aromatic rings. The van der Waals surface area contributed by atoms with Crippen LogP contribution in [-0.2, 0) is 0 Å². The number of thiazole rings is 1. The standard InChI is InChI=1S/C20H24N2O2S/c1-13(18-14(2)25-15(3)21-18)22(6)19(23)17-9-7-16(8-10-17)11-12-20(4,5)24/h7-10,13,24H,1-6H3. The van der Waals surface area contributed by atoms with Crippen LogP contribution in [0.3, 0.4) is 0 Å². The minimum atomic E-state index is -1.03. The van der Waals surface area contributed by atoms with Crippen molar-refractivity contribution in [2.45, 2.75) is 46.3 Å². The smallest absolute Gasteiger partial charge is 0.254 e. The first-order chi connectivity index (χ1) is 11.6. The lowest BCUT2D eigenvalue weighted by molar-refractivity contribution is 0.0739. The van der Waals surface area contributed by atoms with Crippen molar-refractivity contribution < 1.29 is 9.90 Å². The summed E-state index contributed by atoms with van der Waals surface area (Å²) in [5, 5.41) is 10.7. The Morgan fingerprint density at radius 2 is 1.88 bits per heavy atom. The second-order valence-corrected chi connectivity index (χ2v) is 8.06. The van der Waals surface area contributed by atoms with E-state index >= 15 is 0 Å². The lowest BCUT2D eigenvalue weighted by Gasteiger charge is -2.24. The molecule has 5 heteroatoms. The largest absolute Gasteiger partial charge is 0.378 e. The van der Waals surface area contributed by atoms with Crippen molar-refractivity contribution in [1.29, 1.82) is 0 Å². The molecule has 1 N–H and O–H groups in total. The van der Waals surface area contributed by atoms with E-state index in [-0.39, 0.29) is 11.9 Å². The molecule has 1 atom stereocenters. The van der Waals surface area contributed by atoms with Crippen LogP contribution in [0.1, 0.15) is 58.3 Å². The number of hydrogen-bond acceptors (Lipinski definition) is 4. The Hall–Kier alpha value is -2.16. The van der Waals surface area contributed by atoms with E-state index in [0.717, 1.165) is 21.1 Å². The summed E-state index contributed by atoms with van der Waals surface area (Å²) in [6.45, 7) is 9.27. The summed E-state index contributed by atoms with van der Waals surface area (Å²) in [4.78, 5) is 20.1. The maximum atomic E-state index is 12.7. The predicted octanol–water partition coefficient (Wildman–Crippen LogP) is 3.72. The van der Waals surface area contributed by atoms with E-state index in [1.165, 1.54) is 0 Å². The quantitative estimate of drug-likeness (QED) is 0.853. The molecular formula is C20H24N2O2S. The molecule has 1 unspecified atom stereocenters. The van der Waals surface area contributed by atoms with Crippen LogP contribution in [0.4, 0.5) is 0 Å². The molecule has 1 aromatic carbocycles. The molecule has 132 valence electrons. The van der Waals surface area contributed by atoms with Gasteiger partial charge in [-0.3, -0.25) is 4.79 Å². The number of carbonyl (C=O) groups excluding carboxylic acids is 1. The van der Waals surface area contributed by atoms with Gasteiger partial charge in [0.1, 0.15) is 5.60 Å². The van der Waals surface area contributed by atoms with E-state index in [2.05, 4.69) is 16.8 Å². The van der Waals surface area contributed by atoms with Crippen LogP contribution in [0.2, 0.25) is 0 Å². The van der Waals surface area contributed by atoms with Crippen LogP contribution < -0.4 is 0 Å². The Balaban J connectivity index is 2.16. The van der Waals surface area contributed by atoms with Gasteiger partial charge in [0.05, 0.1) is 16.7 Å². The average Bonchev–Trinajstić information content (AvgIpc) is 2.89. The average molecular weight is 356 g/mol. The van der Waals surface area contributed by atoms with Gasteiger partial charge in [-0.1, -0.05) is 11.8 Å². The summed E-state index contributed by atoms with van der Waals surface area (Å²) in [5.74, 6) is 5.61. The maximum absolute atomic E-state index is 12.7. The number of amides is 1. The molecule has 0 aliphatic carbocycles. The van der Waals surface area contributed by atoms with E-state index in [9.17, 15) is 9.90 Å². The van der Waals surface area contributed by atoms with E-state index in [0.29, 0.717) is 5.56 Å². The monoisotopic (exact) mass is 356 g/mol. The number of aromatic nitrogens is 1. The molecule has 25 heavy (non-hydrogen) atoms. The van der Waals surface area contributed by atoms with E-state index in [4.69, 9.17) is 0 Å². The summed E-state index contributed by atoms with van der Waals surface area (Å²) in [5.41, 5.74) is 1.28. The van der Waals surface area contributed by atoms with E-state index in [1.807, 2.05) is 20.8 Å². The van der Waals surface area contributed by atoms with Gasteiger partial charge in [-0.25, -0.2) is 4.98 Å². The van der Waals surface area contributed by atoms with Crippen molar-refractivity contribution in [2.75, 3.05) is 7.05 Å². The first-order valence-electron chi connectivity index (χ1n) is 8.15. The van der Waals surface area contributed by atoms with Gasteiger partial charge >= 0.3 is 0 Å². The molecular weight excluding hydrogens is 332 g/mol. The minimum absolute atomic E-state index is 0.0560. The van der Waals surface area contributed by atoms with Crippen molar-refractivity contribution in [3.63, 3.8) is 0 Å². The summed E-state index contributed by atoms with van der Waals surface area (Å²) in [6, 6.07) is 7.02. The molecule has 0 fully saturated rings. The Kier molecular flexibility index (Phi) is 5.66. The first-order valence-corrected chi connectivity index (χ1v) is 8.97. The van der Waals surface area contributed by atoms with Crippen molar-refractivity contribution >= 4 is 17.2 Å². The van der Waals surface area contributed by atoms with Crippen LogP contribution in [-0.4, -0.2) is 33.5 Å². The van der Waals surface area contributed by atoms with Gasteiger partial charge in [0.15, 0.2) is 0 Å². The van der Waals surface area contributed by atoms with Crippen molar-refractivity contribution in [1.82, 2.24) is 9.88 Å². The van der Waals surface area contributed by atoms with Crippen LogP contribution in [0.15, 0.2) is 24.3 Å². The molecule has 0 saturated heterocycles. The molecule has 0 radical (unpaired) electrons. The molecule has 2 rings (SSSR count). The summed E-state index contributed by atoms with van der Waals surface area (Å²) >= 11 is 1.65. The number of carbonyl (C=O) groups is 1. The summed E-state index contributed by atoms with van der Waals surface area (Å²) < 4.78 is 0. The third-order valence-corrected chi connectivity index (χ3v) is 4.78. The molecule has 1 heterocycles. The number of nitrogens with zero attached hydrogens (tertiary/aromatic N) is 2. The van der Waals surface area contributed by atoms with Gasteiger partial charge in [0.25, 0.3) is 5.91 Å². The van der Waals surface area contributed by atoms with Gasteiger partial charge in [-0.15, -0.1) is 11.3 Å². The lowest BCUT2D eigenvalue weighted by Crippen LogP contribution is -2.30. The molecule has 0 aliphatic rings. The molecule has 4 nitrogen and oxygen atoms in total. The number of rotatable bonds is 3. The lowest BCUT2D eigenvalue weighted by atomic mass is 10.1. The molecule has 1 aromatic heterocycles. The zero-order valence-corrected chi connectivity index (χ0v) is 16.4. The van der Waals surface area contributed by atoms with Crippen molar-refractivity contribution in [3.05, 3.63) is 51.0 Å². The molecule has 0 aliphatic heterocycles. The van der Waals surface area contributed by atoms with Gasteiger partial charge in [0, 0.05) is 23.1 Å². The topological polar surface area (TPSA) is 53.4 Å². The van der Waals surface area contributed by atoms with Gasteiger partial charge < -0.3 is 10.0 Å². The Morgan fingerprint density at radius 3 is 2.36 bits per heavy atom. The normalized spacial score (nSPS) is 12.3. The first kappa shape index (κ1) is 19.2. The molecule has 0 spiro atoms. The number of benzene rings is 1. The highest BCUT2D eigenvalue weighted by Gasteiger charge is 2.22. The fourth-order valence-corrected chi connectivity index (χ4v) is 3.32. The van der Waals surface area contributed by atoms with Gasteiger partial charge in [0.2, 0.25) is 0 Å². The second kappa shape index (κ2) is 7.38. The Morgan fingerprint density at radius 1 is 1.28 bits per heavy atom. The van der Waals surface area contributed by atoms with Crippen LogP contribution in [0.25, 0.3) is 0 Å². The summed E-state index contributed by atoms with van der Waals surface area (Å²) in [7, 11) is 1.79. The fourth-order valence-electron chi connectivity index (χ4n) is 2.42. The van der Waals surface area contributed by atoms with Crippen LogP contribution in [0, 0.1) is 25.7 Å². The Bertz CT molecular complexity index is 820. The van der Waals surface area contributed by atoms with Crippen molar-refractivity contribution in [2.24, 2.45) is 0 Å².